The molecule has 76 valence electrons. The first-order valence-corrected chi connectivity index (χ1v) is 8.46. The third-order valence-corrected chi connectivity index (χ3v) is 4.43. The van der Waals surface area contributed by atoms with Crippen molar-refractivity contribution >= 4 is 14.0 Å². The maximum absolute atomic E-state index is 10.7. The van der Waals surface area contributed by atoms with E-state index in [-0.39, 0.29) is 0 Å². The van der Waals surface area contributed by atoms with Crippen LogP contribution in [0.25, 0.3) is 0 Å². The minimum Gasteiger partial charge on any atom is -0.480 e. The molecule has 0 unspecified atom stereocenters. The second kappa shape index (κ2) is 3.10. The summed E-state index contributed by atoms with van der Waals surface area (Å²) in [7, 11) is -1.04. The number of aliphatic carboxylic acids is 1. The Morgan fingerprint density at radius 2 is 2.00 bits per heavy atom. The number of nitrogens with two attached hydrogens (primary N) is 1. The molecule has 0 aromatic heterocycles. The van der Waals surface area contributed by atoms with Crippen LogP contribution in [0.1, 0.15) is 12.8 Å². The van der Waals surface area contributed by atoms with Gasteiger partial charge in [-0.1, -0.05) is 25.7 Å². The lowest BCUT2D eigenvalue weighted by atomic mass is 9.70. The SMILES string of the molecule is C[Si](C)(C)CC1CC(N)(C(=O)O)C1. The second-order valence-electron chi connectivity index (χ2n) is 5.50. The summed E-state index contributed by atoms with van der Waals surface area (Å²) >= 11 is 0. The van der Waals surface area contributed by atoms with E-state index < -0.39 is 19.6 Å². The summed E-state index contributed by atoms with van der Waals surface area (Å²) in [5.74, 6) is -0.271. The zero-order chi connectivity index (χ0) is 10.3. The summed E-state index contributed by atoms with van der Waals surface area (Å²) in [5.41, 5.74) is 4.77. The van der Waals surface area contributed by atoms with E-state index in [1.807, 2.05) is 0 Å². The maximum Gasteiger partial charge on any atom is 0.323 e. The standard InChI is InChI=1S/C9H19NO2Si/c1-13(2,3)6-7-4-9(10,5-7)8(11)12/h7H,4-6,10H2,1-3H3,(H,11,12). The van der Waals surface area contributed by atoms with Crippen molar-refractivity contribution in [2.45, 2.75) is 44.1 Å². The van der Waals surface area contributed by atoms with Crippen molar-refractivity contribution in [1.29, 1.82) is 0 Å². The average molecular weight is 201 g/mol. The molecule has 1 rings (SSSR count). The summed E-state index contributed by atoms with van der Waals surface area (Å²) in [4.78, 5) is 10.7. The van der Waals surface area contributed by atoms with Crippen molar-refractivity contribution in [1.82, 2.24) is 0 Å². The monoisotopic (exact) mass is 201 g/mol. The summed E-state index contributed by atoms with van der Waals surface area (Å²) < 4.78 is 0. The van der Waals surface area contributed by atoms with Crippen molar-refractivity contribution in [3.05, 3.63) is 0 Å². The van der Waals surface area contributed by atoms with Crippen LogP contribution in [0.4, 0.5) is 0 Å². The Bertz CT molecular complexity index is 216. The Balaban J connectivity index is 2.38. The van der Waals surface area contributed by atoms with E-state index in [0.717, 1.165) is 0 Å². The number of hydrogen-bond donors (Lipinski definition) is 2. The zero-order valence-corrected chi connectivity index (χ0v) is 9.63. The van der Waals surface area contributed by atoms with Gasteiger partial charge in [0.2, 0.25) is 0 Å². The smallest absolute Gasteiger partial charge is 0.323 e. The van der Waals surface area contributed by atoms with Crippen LogP contribution < -0.4 is 5.73 Å². The first-order chi connectivity index (χ1) is 5.73. The second-order valence-corrected chi connectivity index (χ2v) is 11.0. The normalized spacial score (nSPS) is 34.0. The lowest BCUT2D eigenvalue weighted by Crippen LogP contribution is -2.58. The largest absolute Gasteiger partial charge is 0.480 e. The fraction of sp³-hybridized carbons (Fsp3) is 0.889. The maximum atomic E-state index is 10.7. The van der Waals surface area contributed by atoms with E-state index in [2.05, 4.69) is 19.6 Å². The van der Waals surface area contributed by atoms with Crippen LogP contribution in [0.5, 0.6) is 0 Å². The molecule has 0 amide bonds. The van der Waals surface area contributed by atoms with E-state index >= 15 is 0 Å². The van der Waals surface area contributed by atoms with Crippen LogP contribution in [-0.4, -0.2) is 24.7 Å². The van der Waals surface area contributed by atoms with Crippen LogP contribution >= 0.6 is 0 Å². The molecule has 0 aromatic carbocycles. The molecule has 0 atom stereocenters. The van der Waals surface area contributed by atoms with Gasteiger partial charge >= 0.3 is 5.97 Å². The van der Waals surface area contributed by atoms with Gasteiger partial charge < -0.3 is 10.8 Å². The van der Waals surface area contributed by atoms with Gasteiger partial charge in [-0.05, 0) is 18.8 Å². The molecule has 13 heavy (non-hydrogen) atoms. The third-order valence-electron chi connectivity index (χ3n) is 2.63. The average Bonchev–Trinajstić information content (AvgIpc) is 1.79. The summed E-state index contributed by atoms with van der Waals surface area (Å²) in [6, 6.07) is 1.21. The molecule has 0 aliphatic heterocycles. The third kappa shape index (κ3) is 2.54. The number of rotatable bonds is 3. The van der Waals surface area contributed by atoms with Gasteiger partial charge in [-0.25, -0.2) is 0 Å². The molecule has 1 aliphatic rings. The van der Waals surface area contributed by atoms with Gasteiger partial charge in [0.1, 0.15) is 5.54 Å². The first kappa shape index (κ1) is 10.7. The Labute approximate surface area is 80.3 Å². The van der Waals surface area contributed by atoms with E-state index in [9.17, 15) is 4.79 Å². The molecule has 0 bridgehead atoms. The zero-order valence-electron chi connectivity index (χ0n) is 8.63. The Morgan fingerprint density at radius 1 is 1.54 bits per heavy atom. The molecule has 1 aliphatic carbocycles. The highest BCUT2D eigenvalue weighted by Gasteiger charge is 2.47. The van der Waals surface area contributed by atoms with Crippen molar-refractivity contribution in [3.63, 3.8) is 0 Å². The summed E-state index contributed by atoms with van der Waals surface area (Å²) in [5, 5.41) is 8.79. The van der Waals surface area contributed by atoms with Gasteiger partial charge in [-0.15, -0.1) is 0 Å². The highest BCUT2D eigenvalue weighted by Crippen LogP contribution is 2.40. The Morgan fingerprint density at radius 3 is 2.31 bits per heavy atom. The highest BCUT2D eigenvalue weighted by atomic mass is 28.3. The predicted molar refractivity (Wildman–Crippen MR) is 55.4 cm³/mol. The van der Waals surface area contributed by atoms with Gasteiger partial charge in [-0.3, -0.25) is 4.79 Å². The van der Waals surface area contributed by atoms with Crippen LogP contribution in [0.3, 0.4) is 0 Å². The molecule has 1 saturated carbocycles. The molecule has 4 heteroatoms. The van der Waals surface area contributed by atoms with Crippen molar-refractivity contribution < 1.29 is 9.90 Å². The van der Waals surface area contributed by atoms with Crippen molar-refractivity contribution in [2.24, 2.45) is 11.7 Å². The molecule has 1 fully saturated rings. The molecule has 3 N–H and O–H groups in total. The van der Waals surface area contributed by atoms with Crippen LogP contribution in [-0.2, 0) is 4.79 Å². The fourth-order valence-electron chi connectivity index (χ4n) is 2.16. The quantitative estimate of drug-likeness (QED) is 0.680. The van der Waals surface area contributed by atoms with E-state index in [1.165, 1.54) is 6.04 Å². The van der Waals surface area contributed by atoms with Crippen LogP contribution in [0.2, 0.25) is 25.7 Å². The minimum absolute atomic E-state index is 0.563. The van der Waals surface area contributed by atoms with Crippen molar-refractivity contribution in [2.75, 3.05) is 0 Å². The molecular weight excluding hydrogens is 182 g/mol. The van der Waals surface area contributed by atoms with Gasteiger partial charge in [0.05, 0.1) is 0 Å². The van der Waals surface area contributed by atoms with Gasteiger partial charge in [0, 0.05) is 8.07 Å². The Kier molecular flexibility index (Phi) is 2.56. The van der Waals surface area contributed by atoms with Gasteiger partial charge in [0.15, 0.2) is 0 Å². The number of hydrogen-bond acceptors (Lipinski definition) is 2. The van der Waals surface area contributed by atoms with E-state index in [0.29, 0.717) is 18.8 Å². The lowest BCUT2D eigenvalue weighted by Gasteiger charge is -2.43. The lowest BCUT2D eigenvalue weighted by molar-refractivity contribution is -0.148. The molecule has 0 spiro atoms. The number of carbonyl (C=O) groups is 1. The fourth-order valence-corrected chi connectivity index (χ4v) is 4.18. The first-order valence-electron chi connectivity index (χ1n) is 4.75. The molecule has 3 nitrogen and oxygen atoms in total. The molecule has 0 heterocycles. The van der Waals surface area contributed by atoms with Gasteiger partial charge in [-0.2, -0.15) is 0 Å². The minimum atomic E-state index is -1.04. The van der Waals surface area contributed by atoms with Gasteiger partial charge in [0.25, 0.3) is 0 Å². The van der Waals surface area contributed by atoms with Crippen LogP contribution in [0, 0.1) is 5.92 Å². The summed E-state index contributed by atoms with van der Waals surface area (Å²) in [6.45, 7) is 6.93. The predicted octanol–water partition coefficient (Wildman–Crippen LogP) is 1.52. The summed E-state index contributed by atoms with van der Waals surface area (Å²) in [6.07, 6.45) is 1.35. The molecule has 0 radical (unpaired) electrons. The van der Waals surface area contributed by atoms with E-state index in [1.54, 1.807) is 0 Å². The number of carboxylic acids is 1. The molecule has 0 saturated heterocycles. The highest BCUT2D eigenvalue weighted by molar-refractivity contribution is 6.76. The van der Waals surface area contributed by atoms with Crippen molar-refractivity contribution in [3.8, 4) is 0 Å². The topological polar surface area (TPSA) is 63.3 Å². The molecule has 0 aromatic rings. The van der Waals surface area contributed by atoms with Crippen LogP contribution in [0.15, 0.2) is 0 Å². The Hall–Kier alpha value is -0.353. The molecular formula is C9H19NO2Si. The van der Waals surface area contributed by atoms with E-state index in [4.69, 9.17) is 10.8 Å². The number of carboxylic acid groups (broad SMARTS) is 1.